The van der Waals surface area contributed by atoms with Crippen LogP contribution >= 0.6 is 0 Å². The molecule has 5 rings (SSSR count). The van der Waals surface area contributed by atoms with Crippen LogP contribution in [0.25, 0.3) is 11.1 Å². The lowest BCUT2D eigenvalue weighted by Crippen LogP contribution is -2.26. The van der Waals surface area contributed by atoms with Gasteiger partial charge in [0.05, 0.1) is 10.8 Å². The van der Waals surface area contributed by atoms with Gasteiger partial charge in [-0.2, -0.15) is 0 Å². The summed E-state index contributed by atoms with van der Waals surface area (Å²) in [5.74, 6) is 2.54. The molecule has 1 unspecified atom stereocenters. The Hall–Kier alpha value is -4.10. The number of nitrogens with zero attached hydrogens (tertiary/aromatic N) is 1. The van der Waals surface area contributed by atoms with Crippen molar-refractivity contribution in [3.8, 4) is 23.0 Å². The number of carbonyl (C=O) groups is 2. The summed E-state index contributed by atoms with van der Waals surface area (Å²) in [6.45, 7) is 19.2. The topological polar surface area (TPSA) is 74.3 Å². The third-order valence-electron chi connectivity index (χ3n) is 8.45. The van der Waals surface area contributed by atoms with E-state index in [-0.39, 0.29) is 11.9 Å². The van der Waals surface area contributed by atoms with Crippen molar-refractivity contribution in [1.82, 2.24) is 4.90 Å². The molecule has 2 heterocycles. The highest BCUT2D eigenvalue weighted by atomic mass is 16.5. The summed E-state index contributed by atoms with van der Waals surface area (Å²) in [5, 5.41) is 0. The molecule has 1 saturated heterocycles. The molecule has 46 heavy (non-hydrogen) atoms. The number of hydrogen-bond donors (Lipinski definition) is 0. The Bertz CT molecular complexity index is 1590. The van der Waals surface area contributed by atoms with Crippen molar-refractivity contribution in [2.24, 2.45) is 16.7 Å². The van der Waals surface area contributed by atoms with Gasteiger partial charge in [0.15, 0.2) is 0 Å². The second kappa shape index (κ2) is 13.3. The summed E-state index contributed by atoms with van der Waals surface area (Å²) in [6, 6.07) is 21.1. The molecule has 0 N–H and O–H groups in total. The zero-order valence-corrected chi connectivity index (χ0v) is 28.4. The quantitative estimate of drug-likeness (QED) is 0.184. The second-order valence-corrected chi connectivity index (χ2v) is 14.6. The van der Waals surface area contributed by atoms with E-state index in [0.29, 0.717) is 23.9 Å². The van der Waals surface area contributed by atoms with Gasteiger partial charge in [-0.3, -0.25) is 14.5 Å². The van der Waals surface area contributed by atoms with Gasteiger partial charge in [0, 0.05) is 30.3 Å². The predicted octanol–water partition coefficient (Wildman–Crippen LogP) is 8.37. The molecule has 3 aromatic rings. The van der Waals surface area contributed by atoms with Crippen molar-refractivity contribution in [2.75, 3.05) is 26.2 Å². The number of benzene rings is 3. The Morgan fingerprint density at radius 2 is 1.41 bits per heavy atom. The van der Waals surface area contributed by atoms with E-state index in [4.69, 9.17) is 18.9 Å². The normalized spacial score (nSPS) is 18.5. The van der Waals surface area contributed by atoms with Crippen LogP contribution in [0.2, 0.25) is 0 Å². The van der Waals surface area contributed by atoms with Crippen molar-refractivity contribution in [3.05, 3.63) is 83.4 Å². The van der Waals surface area contributed by atoms with Gasteiger partial charge in [-0.05, 0) is 120 Å². The Morgan fingerprint density at radius 1 is 0.826 bits per heavy atom. The predicted molar refractivity (Wildman–Crippen MR) is 181 cm³/mol. The number of carbonyl (C=O) groups excluding carboxylic acids is 2. The molecule has 0 saturated carbocycles. The minimum Gasteiger partial charge on any atom is -0.492 e. The summed E-state index contributed by atoms with van der Waals surface area (Å²) >= 11 is 0. The molecule has 7 nitrogen and oxygen atoms in total. The fraction of sp³-hybridized carbons (Fsp3) is 0.436. The Labute approximate surface area is 273 Å². The number of esters is 2. The molecule has 0 aliphatic carbocycles. The largest absolute Gasteiger partial charge is 0.492 e. The molecular formula is C39H47NO6. The number of likely N-dealkylation sites (tertiary alicyclic amines) is 1. The van der Waals surface area contributed by atoms with E-state index >= 15 is 0 Å². The third kappa shape index (κ3) is 7.81. The first-order chi connectivity index (χ1) is 21.7. The molecule has 0 bridgehead atoms. The highest BCUT2D eigenvalue weighted by molar-refractivity contribution is 5.96. The molecule has 244 valence electrons. The Kier molecular flexibility index (Phi) is 9.64. The number of rotatable bonds is 8. The Balaban J connectivity index is 1.43. The maximum absolute atomic E-state index is 12.6. The van der Waals surface area contributed by atoms with Gasteiger partial charge in [0.2, 0.25) is 0 Å². The first-order valence-electron chi connectivity index (χ1n) is 16.2. The molecule has 0 spiro atoms. The van der Waals surface area contributed by atoms with E-state index in [9.17, 15) is 9.59 Å². The van der Waals surface area contributed by atoms with Crippen molar-refractivity contribution in [1.29, 1.82) is 0 Å². The van der Waals surface area contributed by atoms with Crippen molar-refractivity contribution in [3.63, 3.8) is 0 Å². The minimum absolute atomic E-state index is 0.288. The van der Waals surface area contributed by atoms with Gasteiger partial charge >= 0.3 is 11.9 Å². The summed E-state index contributed by atoms with van der Waals surface area (Å²) in [7, 11) is 0. The van der Waals surface area contributed by atoms with Crippen molar-refractivity contribution < 1.29 is 28.5 Å². The van der Waals surface area contributed by atoms with E-state index in [1.807, 2.05) is 96.1 Å². The van der Waals surface area contributed by atoms with Gasteiger partial charge in [-0.25, -0.2) is 0 Å². The van der Waals surface area contributed by atoms with Gasteiger partial charge in [-0.1, -0.05) is 31.2 Å². The summed E-state index contributed by atoms with van der Waals surface area (Å²) in [4.78, 5) is 27.5. The zero-order chi connectivity index (χ0) is 33.2. The number of ether oxygens (including phenoxy) is 4. The van der Waals surface area contributed by atoms with E-state index in [0.717, 1.165) is 59.1 Å². The molecule has 0 radical (unpaired) electrons. The van der Waals surface area contributed by atoms with Crippen LogP contribution in [-0.2, 0) is 9.59 Å². The van der Waals surface area contributed by atoms with Gasteiger partial charge < -0.3 is 18.9 Å². The highest BCUT2D eigenvalue weighted by Gasteiger charge is 2.31. The van der Waals surface area contributed by atoms with Crippen LogP contribution in [-0.4, -0.2) is 43.1 Å². The maximum Gasteiger partial charge on any atom is 0.316 e. The second-order valence-electron chi connectivity index (χ2n) is 14.6. The fourth-order valence-electron chi connectivity index (χ4n) is 5.59. The lowest BCUT2D eigenvalue weighted by molar-refractivity contribution is -0.143. The van der Waals surface area contributed by atoms with Crippen LogP contribution in [0.3, 0.4) is 0 Å². The van der Waals surface area contributed by atoms with Crippen LogP contribution < -0.4 is 18.9 Å². The third-order valence-corrected chi connectivity index (χ3v) is 8.45. The first kappa shape index (κ1) is 33.3. The first-order valence-corrected chi connectivity index (χ1v) is 16.2. The van der Waals surface area contributed by atoms with E-state index in [1.54, 1.807) is 12.1 Å². The molecule has 2 atom stereocenters. The van der Waals surface area contributed by atoms with E-state index < -0.39 is 16.9 Å². The van der Waals surface area contributed by atoms with Gasteiger partial charge in [0.25, 0.3) is 0 Å². The van der Waals surface area contributed by atoms with Crippen LogP contribution in [0.5, 0.6) is 23.0 Å². The maximum atomic E-state index is 12.6. The zero-order valence-electron chi connectivity index (χ0n) is 28.4. The fourth-order valence-corrected chi connectivity index (χ4v) is 5.59. The molecule has 2 aliphatic rings. The van der Waals surface area contributed by atoms with E-state index in [2.05, 4.69) is 18.7 Å². The molecular weight excluding hydrogens is 578 g/mol. The molecule has 3 aromatic carbocycles. The van der Waals surface area contributed by atoms with E-state index in [1.165, 1.54) is 6.42 Å². The van der Waals surface area contributed by atoms with Crippen molar-refractivity contribution in [2.45, 2.75) is 67.9 Å². The molecule has 0 aromatic heterocycles. The number of allylic oxidation sites excluding steroid dienone is 1. The monoisotopic (exact) mass is 625 g/mol. The van der Waals surface area contributed by atoms with Crippen LogP contribution in [0.4, 0.5) is 0 Å². The van der Waals surface area contributed by atoms with Crippen LogP contribution in [0.15, 0.2) is 66.7 Å². The average Bonchev–Trinajstić information content (AvgIpc) is 3.41. The standard InChI is InChI=1S/C39H47NO6/c1-25-19-20-40(24-25)21-22-43-29-13-11-28(12-14-29)35-34(27-9-15-30(16-10-27)44-36(41)38(3,4)5)26(2)32-18-17-31(23-33(32)46-35)45-37(42)39(6,7)8/h9-18,23,25,35H,19-22,24H2,1-8H3/t25?,35-/m0/s1. The van der Waals surface area contributed by atoms with Crippen molar-refractivity contribution >= 4 is 23.1 Å². The summed E-state index contributed by atoms with van der Waals surface area (Å²) in [5.41, 5.74) is 3.63. The summed E-state index contributed by atoms with van der Waals surface area (Å²) < 4.78 is 24.1. The lowest BCUT2D eigenvalue weighted by atomic mass is 9.86. The number of fused-ring (bicyclic) bond motifs is 1. The summed E-state index contributed by atoms with van der Waals surface area (Å²) in [6.07, 6.45) is 0.809. The number of hydrogen-bond acceptors (Lipinski definition) is 7. The molecule has 1 fully saturated rings. The van der Waals surface area contributed by atoms with Crippen LogP contribution in [0.1, 0.15) is 84.6 Å². The molecule has 7 heteroatoms. The smallest absolute Gasteiger partial charge is 0.316 e. The van der Waals surface area contributed by atoms with Gasteiger partial charge in [0.1, 0.15) is 35.7 Å². The SMILES string of the molecule is CC1=C(c2ccc(OC(=O)C(C)(C)C)cc2)[C@H](c2ccc(OCCN3CCC(C)C3)cc2)Oc2cc(OC(=O)C(C)(C)C)ccc21. The Morgan fingerprint density at radius 3 is 2.00 bits per heavy atom. The average molecular weight is 626 g/mol. The van der Waals surface area contributed by atoms with Crippen LogP contribution in [0, 0.1) is 16.7 Å². The highest BCUT2D eigenvalue weighted by Crippen LogP contribution is 2.48. The minimum atomic E-state index is -0.633. The van der Waals surface area contributed by atoms with Gasteiger partial charge in [-0.15, -0.1) is 0 Å². The molecule has 2 aliphatic heterocycles. The lowest BCUT2D eigenvalue weighted by Gasteiger charge is -2.31. The molecule has 0 amide bonds.